The number of aryl methyl sites for hydroxylation is 3. The third-order valence-corrected chi connectivity index (χ3v) is 5.22. The molecule has 3 heterocycles. The van der Waals surface area contributed by atoms with E-state index in [1.807, 2.05) is 19.9 Å². The fourth-order valence-electron chi connectivity index (χ4n) is 3.56. The largest absolute Gasteiger partial charge is 0.463 e. The first kappa shape index (κ1) is 21.4. The molecule has 8 nitrogen and oxygen atoms in total. The van der Waals surface area contributed by atoms with E-state index in [0.717, 1.165) is 56.3 Å². The minimum Gasteiger partial charge on any atom is -0.463 e. The van der Waals surface area contributed by atoms with Gasteiger partial charge >= 0.3 is 0 Å². The van der Waals surface area contributed by atoms with Crippen LogP contribution in [-0.4, -0.2) is 45.5 Å². The van der Waals surface area contributed by atoms with Gasteiger partial charge in [-0.3, -0.25) is 0 Å². The standard InChI is InChI=1S/C21H34N6O2/c1-4-22-20(24-15-21(3,28)17-12-11-16(2)29-17)23-13-8-10-19-26-25-18-9-6-5-7-14-27(18)19/h11-12,28H,4-10,13-15H2,1-3H3,(H2,22,23,24). The molecule has 1 aliphatic heterocycles. The van der Waals surface area contributed by atoms with Gasteiger partial charge < -0.3 is 24.7 Å². The second-order valence-corrected chi connectivity index (χ2v) is 7.90. The van der Waals surface area contributed by atoms with Crippen LogP contribution < -0.4 is 10.6 Å². The highest BCUT2D eigenvalue weighted by atomic mass is 16.4. The molecule has 160 valence electrons. The SMILES string of the molecule is CCNC(=NCC(C)(O)c1ccc(C)o1)NCCCc1nnc2n1CCCCC2. The maximum atomic E-state index is 10.7. The third-order valence-electron chi connectivity index (χ3n) is 5.22. The lowest BCUT2D eigenvalue weighted by atomic mass is 10.0. The topological polar surface area (TPSA) is 100 Å². The van der Waals surface area contributed by atoms with Gasteiger partial charge in [-0.15, -0.1) is 10.2 Å². The summed E-state index contributed by atoms with van der Waals surface area (Å²) in [5, 5.41) is 26.0. The van der Waals surface area contributed by atoms with Crippen LogP contribution in [0.25, 0.3) is 0 Å². The van der Waals surface area contributed by atoms with Crippen LogP contribution in [0.3, 0.4) is 0 Å². The van der Waals surface area contributed by atoms with Gasteiger partial charge in [0.25, 0.3) is 0 Å². The molecule has 2 aromatic rings. The Morgan fingerprint density at radius 1 is 1.28 bits per heavy atom. The summed E-state index contributed by atoms with van der Waals surface area (Å²) >= 11 is 0. The molecule has 1 atom stereocenters. The van der Waals surface area contributed by atoms with Crippen molar-refractivity contribution < 1.29 is 9.52 Å². The van der Waals surface area contributed by atoms with Crippen molar-refractivity contribution in [3.05, 3.63) is 35.3 Å². The van der Waals surface area contributed by atoms with E-state index in [-0.39, 0.29) is 6.54 Å². The van der Waals surface area contributed by atoms with E-state index in [2.05, 4.69) is 30.4 Å². The molecule has 0 fully saturated rings. The van der Waals surface area contributed by atoms with Crippen molar-refractivity contribution in [2.75, 3.05) is 19.6 Å². The molecule has 3 rings (SSSR count). The van der Waals surface area contributed by atoms with Gasteiger partial charge in [-0.05, 0) is 52.2 Å². The molecular weight excluding hydrogens is 368 g/mol. The lowest BCUT2D eigenvalue weighted by molar-refractivity contribution is 0.0428. The number of hydrogen-bond donors (Lipinski definition) is 3. The number of nitrogens with one attached hydrogen (secondary N) is 2. The lowest BCUT2D eigenvalue weighted by Gasteiger charge is -2.19. The van der Waals surface area contributed by atoms with Crippen LogP contribution in [0.1, 0.15) is 62.7 Å². The molecular formula is C21H34N6O2. The zero-order valence-corrected chi connectivity index (χ0v) is 17.9. The zero-order chi connectivity index (χ0) is 20.7. The Morgan fingerprint density at radius 3 is 2.90 bits per heavy atom. The normalized spacial score (nSPS) is 16.8. The third kappa shape index (κ3) is 5.82. The van der Waals surface area contributed by atoms with Crippen molar-refractivity contribution in [3.8, 4) is 0 Å². The van der Waals surface area contributed by atoms with Crippen molar-refractivity contribution in [1.29, 1.82) is 0 Å². The smallest absolute Gasteiger partial charge is 0.191 e. The van der Waals surface area contributed by atoms with E-state index in [9.17, 15) is 5.11 Å². The molecule has 29 heavy (non-hydrogen) atoms. The van der Waals surface area contributed by atoms with Crippen molar-refractivity contribution in [3.63, 3.8) is 0 Å². The number of aliphatic hydroxyl groups is 1. The average molecular weight is 403 g/mol. The zero-order valence-electron chi connectivity index (χ0n) is 17.9. The Labute approximate surface area is 172 Å². The number of furan rings is 1. The maximum absolute atomic E-state index is 10.7. The molecule has 0 bridgehead atoms. The fourth-order valence-corrected chi connectivity index (χ4v) is 3.56. The monoisotopic (exact) mass is 402 g/mol. The highest BCUT2D eigenvalue weighted by molar-refractivity contribution is 5.79. The van der Waals surface area contributed by atoms with E-state index in [1.165, 1.54) is 19.3 Å². The molecule has 1 unspecified atom stereocenters. The first-order valence-corrected chi connectivity index (χ1v) is 10.7. The Bertz CT molecular complexity index is 808. The number of guanidine groups is 1. The van der Waals surface area contributed by atoms with Gasteiger partial charge in [-0.25, -0.2) is 4.99 Å². The fraction of sp³-hybridized carbons (Fsp3) is 0.667. The average Bonchev–Trinajstić information content (AvgIpc) is 3.23. The van der Waals surface area contributed by atoms with Gasteiger partial charge in [0.1, 0.15) is 28.8 Å². The molecule has 1 aliphatic rings. The summed E-state index contributed by atoms with van der Waals surface area (Å²) in [6, 6.07) is 3.65. The molecule has 3 N–H and O–H groups in total. The van der Waals surface area contributed by atoms with Gasteiger partial charge in [-0.1, -0.05) is 6.42 Å². The van der Waals surface area contributed by atoms with Gasteiger partial charge in [-0.2, -0.15) is 0 Å². The molecule has 8 heteroatoms. The quantitative estimate of drug-likeness (QED) is 0.356. The minimum absolute atomic E-state index is 0.215. The number of fused-ring (bicyclic) bond motifs is 1. The highest BCUT2D eigenvalue weighted by Crippen LogP contribution is 2.23. The highest BCUT2D eigenvalue weighted by Gasteiger charge is 2.26. The van der Waals surface area contributed by atoms with Gasteiger partial charge in [0.15, 0.2) is 5.96 Å². The summed E-state index contributed by atoms with van der Waals surface area (Å²) in [7, 11) is 0. The van der Waals surface area contributed by atoms with Gasteiger partial charge in [0.2, 0.25) is 0 Å². The maximum Gasteiger partial charge on any atom is 0.191 e. The molecule has 0 saturated carbocycles. The second kappa shape index (κ2) is 9.91. The van der Waals surface area contributed by atoms with Crippen LogP contribution in [0.2, 0.25) is 0 Å². The summed E-state index contributed by atoms with van der Waals surface area (Å²) in [6.07, 6.45) is 6.57. The van der Waals surface area contributed by atoms with Crippen LogP contribution >= 0.6 is 0 Å². The Balaban J connectivity index is 1.50. The summed E-state index contributed by atoms with van der Waals surface area (Å²) in [5.41, 5.74) is -1.14. The predicted octanol–water partition coefficient (Wildman–Crippen LogP) is 2.30. The first-order chi connectivity index (χ1) is 14.0. The first-order valence-electron chi connectivity index (χ1n) is 10.7. The van der Waals surface area contributed by atoms with Gasteiger partial charge in [0.05, 0.1) is 6.54 Å². The molecule has 0 aromatic carbocycles. The number of aliphatic imine (C=N–C) groups is 1. The van der Waals surface area contributed by atoms with Crippen LogP contribution in [0.4, 0.5) is 0 Å². The predicted molar refractivity (Wildman–Crippen MR) is 113 cm³/mol. The minimum atomic E-state index is -1.14. The van der Waals surface area contributed by atoms with Crippen molar-refractivity contribution in [1.82, 2.24) is 25.4 Å². The number of nitrogens with zero attached hydrogens (tertiary/aromatic N) is 4. The van der Waals surface area contributed by atoms with Crippen molar-refractivity contribution >= 4 is 5.96 Å². The van der Waals surface area contributed by atoms with Gasteiger partial charge in [0, 0.05) is 32.5 Å². The van der Waals surface area contributed by atoms with Crippen LogP contribution in [0.15, 0.2) is 21.5 Å². The van der Waals surface area contributed by atoms with E-state index in [4.69, 9.17) is 4.42 Å². The van der Waals surface area contributed by atoms with Crippen molar-refractivity contribution in [2.24, 2.45) is 4.99 Å². The Morgan fingerprint density at radius 2 is 2.14 bits per heavy atom. The second-order valence-electron chi connectivity index (χ2n) is 7.90. The van der Waals surface area contributed by atoms with Crippen LogP contribution in [0.5, 0.6) is 0 Å². The molecule has 0 amide bonds. The summed E-state index contributed by atoms with van der Waals surface area (Å²) < 4.78 is 7.86. The van der Waals surface area contributed by atoms with Crippen LogP contribution in [0, 0.1) is 6.92 Å². The molecule has 0 radical (unpaired) electrons. The number of aromatic nitrogens is 3. The van der Waals surface area contributed by atoms with E-state index in [0.29, 0.717) is 11.7 Å². The Kier molecular flexibility index (Phi) is 7.30. The summed E-state index contributed by atoms with van der Waals surface area (Å²) in [4.78, 5) is 4.54. The van der Waals surface area contributed by atoms with E-state index >= 15 is 0 Å². The Hall–Kier alpha value is -2.35. The molecule has 0 aliphatic carbocycles. The molecule has 2 aromatic heterocycles. The molecule has 0 spiro atoms. The number of hydrogen-bond acceptors (Lipinski definition) is 5. The van der Waals surface area contributed by atoms with Crippen molar-refractivity contribution in [2.45, 2.75) is 71.4 Å². The lowest BCUT2D eigenvalue weighted by Crippen LogP contribution is -2.39. The summed E-state index contributed by atoms with van der Waals surface area (Å²) in [6.45, 7) is 8.39. The summed E-state index contributed by atoms with van der Waals surface area (Å²) in [5.74, 6) is 4.22. The van der Waals surface area contributed by atoms with Crippen LogP contribution in [-0.2, 0) is 25.0 Å². The molecule has 0 saturated heterocycles. The van der Waals surface area contributed by atoms with E-state index in [1.54, 1.807) is 13.0 Å². The van der Waals surface area contributed by atoms with E-state index < -0.39 is 5.60 Å². The number of rotatable bonds is 8.